The zero-order valence-corrected chi connectivity index (χ0v) is 16.4. The summed E-state index contributed by atoms with van der Waals surface area (Å²) < 4.78 is 47.9. The Morgan fingerprint density at radius 1 is 1.29 bits per heavy atom. The molecule has 1 heterocycles. The van der Waals surface area contributed by atoms with E-state index in [2.05, 4.69) is 11.8 Å². The Labute approximate surface area is 166 Å². The highest BCUT2D eigenvalue weighted by atomic mass is 35.5. The molecule has 1 saturated carbocycles. The molecular formula is C20H19ClF3NO3. The van der Waals surface area contributed by atoms with Crippen LogP contribution in [-0.2, 0) is 14.9 Å². The predicted molar refractivity (Wildman–Crippen MR) is 98.0 cm³/mol. The van der Waals surface area contributed by atoms with Crippen LogP contribution in [0, 0.1) is 17.8 Å². The summed E-state index contributed by atoms with van der Waals surface area (Å²) in [5.41, 5.74) is -4.16. The van der Waals surface area contributed by atoms with Gasteiger partial charge in [0.2, 0.25) is 5.91 Å². The lowest BCUT2D eigenvalue weighted by molar-refractivity contribution is -0.178. The largest absolute Gasteiger partial charge is 0.443 e. The van der Waals surface area contributed by atoms with E-state index in [0.717, 1.165) is 18.9 Å². The Hall–Kier alpha value is -2.20. The Bertz CT molecular complexity index is 891. The van der Waals surface area contributed by atoms with E-state index in [1.165, 1.54) is 12.1 Å². The first kappa shape index (κ1) is 20.5. The molecule has 0 radical (unpaired) electrons. The number of carbonyl (C=O) groups is 2. The van der Waals surface area contributed by atoms with Crippen molar-refractivity contribution in [2.24, 2.45) is 5.92 Å². The fraction of sp³-hybridized carbons (Fsp3) is 0.500. The third kappa shape index (κ3) is 3.83. The quantitative estimate of drug-likeness (QED) is 0.547. The van der Waals surface area contributed by atoms with Gasteiger partial charge in [-0.3, -0.25) is 4.79 Å². The third-order valence-electron chi connectivity index (χ3n) is 4.45. The average molecular weight is 414 g/mol. The van der Waals surface area contributed by atoms with E-state index in [4.69, 9.17) is 16.3 Å². The third-order valence-corrected chi connectivity index (χ3v) is 4.69. The lowest BCUT2D eigenvalue weighted by Gasteiger charge is -2.40. The SMILES string of the molecule is CC(C)(C)OC(=O)N1C(=O)CC(C#CC2CC2)(C(F)(F)F)c2cc(Cl)ccc21. The number of imide groups is 1. The van der Waals surface area contributed by atoms with Crippen molar-refractivity contribution in [3.8, 4) is 11.8 Å². The molecule has 1 aromatic rings. The maximum Gasteiger partial charge on any atom is 0.421 e. The van der Waals surface area contributed by atoms with Crippen LogP contribution in [0.25, 0.3) is 0 Å². The Balaban J connectivity index is 2.18. The first-order valence-corrected chi connectivity index (χ1v) is 9.17. The van der Waals surface area contributed by atoms with Gasteiger partial charge in [0.25, 0.3) is 0 Å². The summed E-state index contributed by atoms with van der Waals surface area (Å²) in [6, 6.07) is 3.67. The summed E-state index contributed by atoms with van der Waals surface area (Å²) in [6.07, 6.45) is -5.40. The number of rotatable bonds is 0. The summed E-state index contributed by atoms with van der Waals surface area (Å²) in [7, 11) is 0. The zero-order chi connectivity index (χ0) is 20.9. The summed E-state index contributed by atoms with van der Waals surface area (Å²) >= 11 is 5.96. The van der Waals surface area contributed by atoms with Crippen molar-refractivity contribution < 1.29 is 27.5 Å². The van der Waals surface area contributed by atoms with E-state index in [1.807, 2.05) is 0 Å². The molecule has 150 valence electrons. The van der Waals surface area contributed by atoms with E-state index in [0.29, 0.717) is 4.90 Å². The minimum atomic E-state index is -4.83. The van der Waals surface area contributed by atoms with Crippen molar-refractivity contribution in [3.05, 3.63) is 28.8 Å². The molecular weight excluding hydrogens is 395 g/mol. The van der Waals surface area contributed by atoms with Gasteiger partial charge < -0.3 is 4.74 Å². The number of amides is 2. The average Bonchev–Trinajstić information content (AvgIpc) is 3.34. The number of hydrogen-bond acceptors (Lipinski definition) is 3. The highest BCUT2D eigenvalue weighted by molar-refractivity contribution is 6.31. The summed E-state index contributed by atoms with van der Waals surface area (Å²) in [4.78, 5) is 25.9. The lowest BCUT2D eigenvalue weighted by atomic mass is 9.73. The predicted octanol–water partition coefficient (Wildman–Crippen LogP) is 5.23. The molecule has 1 aromatic carbocycles. The van der Waals surface area contributed by atoms with Gasteiger partial charge >= 0.3 is 12.3 Å². The first-order valence-electron chi connectivity index (χ1n) is 8.79. The van der Waals surface area contributed by atoms with Crippen molar-refractivity contribution in [3.63, 3.8) is 0 Å². The molecule has 1 aliphatic heterocycles. The second-order valence-corrected chi connectivity index (χ2v) is 8.43. The van der Waals surface area contributed by atoms with Crippen molar-refractivity contribution >= 4 is 29.3 Å². The van der Waals surface area contributed by atoms with Gasteiger partial charge in [-0.1, -0.05) is 23.4 Å². The number of alkyl halides is 3. The van der Waals surface area contributed by atoms with Gasteiger partial charge in [0.15, 0.2) is 5.41 Å². The van der Waals surface area contributed by atoms with Gasteiger partial charge in [-0.15, -0.1) is 0 Å². The van der Waals surface area contributed by atoms with E-state index in [9.17, 15) is 22.8 Å². The first-order chi connectivity index (χ1) is 12.8. The fourth-order valence-corrected chi connectivity index (χ4v) is 3.15. The van der Waals surface area contributed by atoms with Gasteiger partial charge in [-0.25, -0.2) is 9.69 Å². The van der Waals surface area contributed by atoms with Crippen LogP contribution < -0.4 is 4.90 Å². The summed E-state index contributed by atoms with van der Waals surface area (Å²) in [5.74, 6) is 3.84. The van der Waals surface area contributed by atoms with Crippen LogP contribution in [0.3, 0.4) is 0 Å². The molecule has 1 atom stereocenters. The molecule has 0 aromatic heterocycles. The molecule has 1 aliphatic carbocycles. The molecule has 4 nitrogen and oxygen atoms in total. The number of carbonyl (C=O) groups excluding carboxylic acids is 2. The number of benzene rings is 1. The normalized spacial score (nSPS) is 22.2. The zero-order valence-electron chi connectivity index (χ0n) is 15.6. The van der Waals surface area contributed by atoms with Gasteiger partial charge in [-0.05, 0) is 51.8 Å². The van der Waals surface area contributed by atoms with Crippen LogP contribution in [0.5, 0.6) is 0 Å². The molecule has 28 heavy (non-hydrogen) atoms. The van der Waals surface area contributed by atoms with Gasteiger partial charge in [0.05, 0.1) is 12.1 Å². The lowest BCUT2D eigenvalue weighted by Crippen LogP contribution is -2.53. The molecule has 0 saturated heterocycles. The van der Waals surface area contributed by atoms with Crippen LogP contribution in [-0.4, -0.2) is 23.8 Å². The number of ether oxygens (including phenoxy) is 1. The Morgan fingerprint density at radius 3 is 2.46 bits per heavy atom. The molecule has 1 fully saturated rings. The summed E-state index contributed by atoms with van der Waals surface area (Å²) in [6.45, 7) is 4.80. The minimum absolute atomic E-state index is 0.0547. The van der Waals surface area contributed by atoms with Crippen LogP contribution in [0.4, 0.5) is 23.7 Å². The molecule has 0 spiro atoms. The number of fused-ring (bicyclic) bond motifs is 1. The topological polar surface area (TPSA) is 46.6 Å². The Morgan fingerprint density at radius 2 is 1.93 bits per heavy atom. The highest BCUT2D eigenvalue weighted by Gasteiger charge is 2.61. The Kier molecular flexibility index (Phi) is 4.91. The molecule has 1 unspecified atom stereocenters. The fourth-order valence-electron chi connectivity index (χ4n) is 2.98. The van der Waals surface area contributed by atoms with Crippen molar-refractivity contribution in [2.75, 3.05) is 4.90 Å². The smallest absolute Gasteiger partial charge is 0.421 e. The van der Waals surface area contributed by atoms with Gasteiger partial charge in [-0.2, -0.15) is 13.2 Å². The number of nitrogens with zero attached hydrogens (tertiary/aromatic N) is 1. The molecule has 0 bridgehead atoms. The number of hydrogen-bond donors (Lipinski definition) is 0. The van der Waals surface area contributed by atoms with Crippen LogP contribution in [0.1, 0.15) is 45.6 Å². The van der Waals surface area contributed by atoms with Gasteiger partial charge in [0.1, 0.15) is 5.60 Å². The van der Waals surface area contributed by atoms with E-state index in [-0.39, 0.29) is 22.2 Å². The van der Waals surface area contributed by atoms with E-state index < -0.39 is 35.6 Å². The monoisotopic (exact) mass is 413 g/mol. The highest BCUT2D eigenvalue weighted by Crippen LogP contribution is 2.51. The number of anilines is 1. The van der Waals surface area contributed by atoms with E-state index in [1.54, 1.807) is 20.8 Å². The minimum Gasteiger partial charge on any atom is -0.443 e. The summed E-state index contributed by atoms with van der Waals surface area (Å²) in [5, 5.41) is 0.0547. The standard InChI is InChI=1S/C20H19ClF3NO3/c1-18(2,3)28-17(27)25-15-7-6-13(21)10-14(15)19(11-16(25)26,20(22,23)24)9-8-12-4-5-12/h6-7,10,12H,4-5,11H2,1-3H3. The second-order valence-electron chi connectivity index (χ2n) is 7.99. The van der Waals surface area contributed by atoms with Crippen LogP contribution in [0.2, 0.25) is 5.02 Å². The van der Waals surface area contributed by atoms with Gasteiger partial charge in [0, 0.05) is 16.5 Å². The van der Waals surface area contributed by atoms with E-state index >= 15 is 0 Å². The number of halogens is 4. The van der Waals surface area contributed by atoms with Crippen LogP contribution in [0.15, 0.2) is 18.2 Å². The molecule has 3 rings (SSSR count). The second kappa shape index (κ2) is 6.70. The van der Waals surface area contributed by atoms with Crippen molar-refractivity contribution in [1.82, 2.24) is 0 Å². The molecule has 0 N–H and O–H groups in total. The maximum absolute atomic E-state index is 14.2. The van der Waals surface area contributed by atoms with Crippen LogP contribution >= 0.6 is 11.6 Å². The molecule has 2 amide bonds. The molecule has 8 heteroatoms. The van der Waals surface area contributed by atoms with Crippen molar-refractivity contribution in [1.29, 1.82) is 0 Å². The van der Waals surface area contributed by atoms with Crippen molar-refractivity contribution in [2.45, 2.75) is 57.2 Å². The maximum atomic E-state index is 14.2. The molecule has 2 aliphatic rings.